The van der Waals surface area contributed by atoms with Gasteiger partial charge in [0.1, 0.15) is 36.5 Å². The van der Waals surface area contributed by atoms with Crippen LogP contribution < -0.4 is 19.1 Å². The molecule has 0 saturated carbocycles. The van der Waals surface area contributed by atoms with Gasteiger partial charge in [-0.1, -0.05) is 90.7 Å². The molecule has 4 heterocycles. The molecule has 6 aromatic carbocycles. The van der Waals surface area contributed by atoms with E-state index in [1.807, 2.05) is 71.6 Å². The molecule has 0 radical (unpaired) electrons. The van der Waals surface area contributed by atoms with Gasteiger partial charge >= 0.3 is 24.0 Å². The lowest BCUT2D eigenvalue weighted by molar-refractivity contribution is -0.384. The van der Waals surface area contributed by atoms with Gasteiger partial charge in [0.25, 0.3) is 5.69 Å². The molecule has 20 heteroatoms. The molecule has 1 N–H and O–H groups in total. The number of morpholine rings is 1. The number of carbonyl (C=O) groups is 6. The lowest BCUT2D eigenvalue weighted by Gasteiger charge is -2.46. The van der Waals surface area contributed by atoms with Crippen molar-refractivity contribution in [1.82, 2.24) is 9.80 Å². The molecule has 2 saturated heterocycles. The maximum Gasteiger partial charge on any atom is 0.421 e. The van der Waals surface area contributed by atoms with Crippen molar-refractivity contribution in [3.05, 3.63) is 194 Å². The van der Waals surface area contributed by atoms with Gasteiger partial charge in [-0.3, -0.25) is 39.0 Å². The number of nitrogens with zero attached hydrogens (tertiary/aromatic N) is 4. The van der Waals surface area contributed by atoms with Crippen molar-refractivity contribution in [2.75, 3.05) is 53.1 Å². The Hall–Kier alpha value is -9.58. The van der Waals surface area contributed by atoms with Crippen LogP contribution in [0, 0.1) is 33.8 Å². The smallest absolute Gasteiger partial charge is 0.421 e. The minimum atomic E-state index is -2.32. The van der Waals surface area contributed by atoms with Crippen molar-refractivity contribution in [2.45, 2.75) is 55.6 Å². The van der Waals surface area contributed by atoms with Crippen LogP contribution in [0.3, 0.4) is 0 Å². The Bertz CT molecular complexity index is 3510. The van der Waals surface area contributed by atoms with Crippen LogP contribution in [0.2, 0.25) is 0 Å². The maximum absolute atomic E-state index is 17.0. The summed E-state index contributed by atoms with van der Waals surface area (Å²) in [6, 6.07) is 34.6. The molecule has 6 aromatic rings. The Morgan fingerprint density at radius 3 is 2.07 bits per heavy atom. The van der Waals surface area contributed by atoms with E-state index in [-0.39, 0.29) is 54.4 Å². The first-order valence-corrected chi connectivity index (χ1v) is 26.3. The highest BCUT2D eigenvalue weighted by atomic mass is 16.6. The third-order valence-corrected chi connectivity index (χ3v) is 15.5. The van der Waals surface area contributed by atoms with E-state index >= 15 is 19.2 Å². The number of nitro groups is 1. The molecule has 0 bridgehead atoms. The average Bonchev–Trinajstić information content (AvgIpc) is 1.72. The second-order valence-electron chi connectivity index (χ2n) is 19.8. The molecule has 4 aliphatic rings. The van der Waals surface area contributed by atoms with Crippen LogP contribution in [0.1, 0.15) is 69.1 Å². The van der Waals surface area contributed by atoms with Crippen LogP contribution in [-0.2, 0) is 67.9 Å². The van der Waals surface area contributed by atoms with Gasteiger partial charge in [0, 0.05) is 42.8 Å². The van der Waals surface area contributed by atoms with Gasteiger partial charge in [0.05, 0.1) is 63.7 Å². The van der Waals surface area contributed by atoms with E-state index in [1.54, 1.807) is 41.3 Å². The van der Waals surface area contributed by atoms with Gasteiger partial charge in [0.2, 0.25) is 11.8 Å². The summed E-state index contributed by atoms with van der Waals surface area (Å²) < 4.78 is 40.1. The van der Waals surface area contributed by atoms with E-state index < -0.39 is 95.4 Å². The number of para-hydroxylation sites is 1. The minimum Gasteiger partial charge on any atom is -0.493 e. The van der Waals surface area contributed by atoms with E-state index in [1.165, 1.54) is 50.6 Å². The number of fused-ring (bicyclic) bond motifs is 4. The number of hydrogen-bond donors (Lipinski definition) is 1. The molecule has 6 atom stereocenters. The Labute approximate surface area is 471 Å². The lowest BCUT2D eigenvalue weighted by Crippen LogP contribution is -2.57. The molecule has 4 aliphatic heterocycles. The zero-order chi connectivity index (χ0) is 57.8. The summed E-state index contributed by atoms with van der Waals surface area (Å²) in [7, 11) is 5.27. The zero-order valence-electron chi connectivity index (χ0n) is 45.1. The fourth-order valence-electron chi connectivity index (χ4n) is 11.9. The molecule has 0 aromatic heterocycles. The predicted molar refractivity (Wildman–Crippen MR) is 292 cm³/mol. The van der Waals surface area contributed by atoms with Crippen molar-refractivity contribution < 1.29 is 72.0 Å². The van der Waals surface area contributed by atoms with Gasteiger partial charge < -0.3 is 43.2 Å². The maximum atomic E-state index is 17.0. The number of methoxy groups -OCH3 is 4. The van der Waals surface area contributed by atoms with Gasteiger partial charge in [0.15, 0.2) is 17.4 Å². The second-order valence-corrected chi connectivity index (χ2v) is 19.8. The number of imide groups is 1. The Morgan fingerprint density at radius 1 is 0.780 bits per heavy atom. The highest BCUT2D eigenvalue weighted by Gasteiger charge is 2.76. The average molecular weight is 1110 g/mol. The molecule has 3 amide bonds. The first-order chi connectivity index (χ1) is 39.8. The van der Waals surface area contributed by atoms with Crippen molar-refractivity contribution in [1.29, 1.82) is 0 Å². The number of rotatable bonds is 15. The fourth-order valence-corrected chi connectivity index (χ4v) is 11.9. The van der Waals surface area contributed by atoms with E-state index in [0.717, 1.165) is 24.7 Å². The monoisotopic (exact) mass is 1110 g/mol. The summed E-state index contributed by atoms with van der Waals surface area (Å²) in [4.78, 5) is 106. The fraction of sp³-hybridized carbons (Fsp3) is 0.290. The lowest BCUT2D eigenvalue weighted by atomic mass is 9.64. The number of nitro benzene ring substituents is 1. The van der Waals surface area contributed by atoms with E-state index in [9.17, 15) is 24.8 Å². The van der Waals surface area contributed by atoms with Crippen LogP contribution in [-0.4, -0.2) is 110 Å². The highest BCUT2D eigenvalue weighted by molar-refractivity contribution is 6.23. The summed E-state index contributed by atoms with van der Waals surface area (Å²) in [6.07, 6.45) is -2.27. The number of amides is 3. The van der Waals surface area contributed by atoms with Crippen LogP contribution >= 0.6 is 0 Å². The molecule has 420 valence electrons. The molecular weight excluding hydrogens is 1060 g/mol. The quantitative estimate of drug-likeness (QED) is 0.0265. The van der Waals surface area contributed by atoms with Crippen molar-refractivity contribution >= 4 is 47.2 Å². The number of cyclic esters (lactones) is 1. The number of hydrogen-bond acceptors (Lipinski definition) is 17. The third kappa shape index (κ3) is 9.98. The number of ether oxygens (including phenoxy) is 7. The molecule has 10 rings (SSSR count). The summed E-state index contributed by atoms with van der Waals surface area (Å²) in [5.74, 6) is -0.400. The van der Waals surface area contributed by atoms with E-state index in [4.69, 9.17) is 33.2 Å². The van der Waals surface area contributed by atoms with Gasteiger partial charge in [-0.25, -0.2) is 9.69 Å². The number of non-ortho nitro benzene ring substituents is 1. The molecular formula is C62H56N4O16. The highest BCUT2D eigenvalue weighted by Crippen LogP contribution is 2.67. The number of carbonyl (C=O) groups excluding carboxylic acids is 6. The summed E-state index contributed by atoms with van der Waals surface area (Å²) in [6.45, 7) is -0.960. The van der Waals surface area contributed by atoms with E-state index in [0.29, 0.717) is 45.7 Å². The number of benzene rings is 6. The normalized spacial score (nSPS) is 20.6. The summed E-state index contributed by atoms with van der Waals surface area (Å²) >= 11 is 0. The molecule has 82 heavy (non-hydrogen) atoms. The van der Waals surface area contributed by atoms with E-state index in [2.05, 4.69) is 11.8 Å². The largest absolute Gasteiger partial charge is 0.493 e. The van der Waals surface area contributed by atoms with Crippen LogP contribution in [0.4, 0.5) is 16.2 Å². The van der Waals surface area contributed by atoms with Crippen molar-refractivity contribution in [3.8, 4) is 29.1 Å². The SMILES string of the molecule is COC(=O)C(CC#Cc1ccc2c(c1)C1(C(=O)N2C(=O)OCc2ccc([N+](=O)[O-])cc2)C(C(=O)N2CCc3cc(OC)c(OC)cc3C2)C2C(=O)OC(c3ccccc3)C(c3ccccc3)N2C1c1ccccc1OCCO)C(=O)OC. The van der Waals surface area contributed by atoms with Crippen LogP contribution in [0.5, 0.6) is 17.2 Å². The molecule has 1 spiro atoms. The molecule has 20 nitrogen and oxygen atoms in total. The third-order valence-electron chi connectivity index (χ3n) is 15.5. The number of esters is 3. The zero-order valence-corrected chi connectivity index (χ0v) is 45.1. The van der Waals surface area contributed by atoms with Gasteiger partial charge in [-0.05, 0) is 88.3 Å². The molecule has 0 aliphatic carbocycles. The molecule has 2 fully saturated rings. The second kappa shape index (κ2) is 23.6. The van der Waals surface area contributed by atoms with Gasteiger partial charge in [-0.2, -0.15) is 0 Å². The standard InChI is InChI=1S/C62H56N4O16/c1-76-49-33-41-28-29-63(35-42(41)34-50(49)77-2)56(68)51-53-59(71)82-54(40-17-9-6-10-18-40)52(39-15-7-5-8-16-39)65(53)55(44-19-11-12-21-48(44)80-31-30-67)62(51)46-32-37(14-13-20-45(57(69)78-3)58(70)79-4)24-27-47(46)64(60(62)72)61(73)81-36-38-22-25-43(26-23-38)66(74)75/h5-12,15-19,21-27,32-34,45,51-55,67H,20,28-31,35-36H2,1-4H3. The summed E-state index contributed by atoms with van der Waals surface area (Å²) in [5.41, 5.74) is 1.19. The first kappa shape index (κ1) is 55.7. The van der Waals surface area contributed by atoms with Crippen LogP contribution in [0.15, 0.2) is 140 Å². The minimum absolute atomic E-state index is 0.00635. The van der Waals surface area contributed by atoms with Crippen molar-refractivity contribution in [3.63, 3.8) is 0 Å². The summed E-state index contributed by atoms with van der Waals surface area (Å²) in [5, 5.41) is 21.8. The van der Waals surface area contributed by atoms with Crippen LogP contribution in [0.25, 0.3) is 0 Å². The Kier molecular flexibility index (Phi) is 16.1. The number of aliphatic hydroxyl groups excluding tert-OH is 1. The predicted octanol–water partition coefficient (Wildman–Crippen LogP) is 7.27. The number of anilines is 1. The van der Waals surface area contributed by atoms with Crippen molar-refractivity contribution in [2.24, 2.45) is 11.8 Å². The first-order valence-electron chi connectivity index (χ1n) is 26.3. The Balaban J connectivity index is 1.25. The molecule has 6 unspecified atom stereocenters. The topological polar surface area (TPSA) is 240 Å². The number of aliphatic hydroxyl groups is 1. The Morgan fingerprint density at radius 2 is 1.43 bits per heavy atom. The van der Waals surface area contributed by atoms with Gasteiger partial charge in [-0.15, -0.1) is 0 Å².